The summed E-state index contributed by atoms with van der Waals surface area (Å²) in [5.41, 5.74) is -0.950. The molecular weight excluding hydrogens is 386 g/mol. The molecule has 28 heavy (non-hydrogen) atoms. The minimum Gasteiger partial charge on any atom is -0.463 e. The maximum Gasteiger partial charge on any atom is 0.302 e. The summed E-state index contributed by atoms with van der Waals surface area (Å²) < 4.78 is 34.8. The molecular formula is C19H41NO7S. The Morgan fingerprint density at radius 3 is 1.68 bits per heavy atom. The van der Waals surface area contributed by atoms with E-state index in [9.17, 15) is 18.0 Å². The summed E-state index contributed by atoms with van der Waals surface area (Å²) in [6.45, 7) is 15.8. The molecule has 3 unspecified atom stereocenters. The topological polar surface area (TPSA) is 130 Å². The highest BCUT2D eigenvalue weighted by Crippen LogP contribution is 2.09. The van der Waals surface area contributed by atoms with Gasteiger partial charge in [-0.2, -0.15) is 8.42 Å². The summed E-state index contributed by atoms with van der Waals surface area (Å²) in [6.07, 6.45) is 2.40. The molecule has 3 atom stereocenters. The van der Waals surface area contributed by atoms with Crippen LogP contribution in [0.4, 0.5) is 0 Å². The molecule has 0 radical (unpaired) electrons. The lowest BCUT2D eigenvalue weighted by molar-refractivity contribution is -0.145. The molecule has 8 nitrogen and oxygen atoms in total. The second-order valence-electron chi connectivity index (χ2n) is 7.49. The average Bonchev–Trinajstić information content (AvgIpc) is 2.51. The molecule has 0 spiro atoms. The van der Waals surface area contributed by atoms with Gasteiger partial charge >= 0.3 is 5.97 Å². The van der Waals surface area contributed by atoms with Crippen LogP contribution in [0.15, 0.2) is 0 Å². The first-order chi connectivity index (χ1) is 12.5. The minimum atomic E-state index is -4.07. The van der Waals surface area contributed by atoms with Crippen LogP contribution in [0.5, 0.6) is 0 Å². The lowest BCUT2D eigenvalue weighted by Gasteiger charge is -2.26. The van der Waals surface area contributed by atoms with Crippen molar-refractivity contribution in [3.8, 4) is 0 Å². The predicted octanol–water partition coefficient (Wildman–Crippen LogP) is 2.94. The van der Waals surface area contributed by atoms with Crippen molar-refractivity contribution in [2.45, 2.75) is 99.3 Å². The van der Waals surface area contributed by atoms with Crippen molar-refractivity contribution in [1.82, 2.24) is 5.32 Å². The Labute approximate surface area is 171 Å². The zero-order valence-electron chi connectivity index (χ0n) is 18.9. The van der Waals surface area contributed by atoms with Gasteiger partial charge in [-0.15, -0.1) is 0 Å². The van der Waals surface area contributed by atoms with Crippen LogP contribution in [-0.2, 0) is 24.4 Å². The van der Waals surface area contributed by atoms with Crippen LogP contribution in [0.1, 0.15) is 81.6 Å². The monoisotopic (exact) mass is 427 g/mol. The predicted molar refractivity (Wildman–Crippen MR) is 112 cm³/mol. The molecule has 0 rings (SSSR count). The highest BCUT2D eigenvalue weighted by molar-refractivity contribution is 7.85. The lowest BCUT2D eigenvalue weighted by atomic mass is 10.0. The van der Waals surface area contributed by atoms with Crippen LogP contribution in [0.3, 0.4) is 0 Å². The number of hydrogen-bond donors (Lipinski definition) is 3. The fraction of sp³-hybridized carbons (Fsp3) is 0.895. The number of carbonyl (C=O) groups excluding carboxylic acids is 2. The van der Waals surface area contributed by atoms with Crippen molar-refractivity contribution in [1.29, 1.82) is 0 Å². The largest absolute Gasteiger partial charge is 0.463 e. The molecule has 0 aromatic heterocycles. The van der Waals surface area contributed by atoms with Gasteiger partial charge in [-0.1, -0.05) is 27.7 Å². The third-order valence-corrected chi connectivity index (χ3v) is 4.68. The van der Waals surface area contributed by atoms with Gasteiger partial charge in [0.2, 0.25) is 5.91 Å². The van der Waals surface area contributed by atoms with Crippen molar-refractivity contribution < 1.29 is 32.4 Å². The van der Waals surface area contributed by atoms with Crippen LogP contribution in [0.2, 0.25) is 0 Å². The first-order valence-corrected chi connectivity index (χ1v) is 11.2. The molecule has 9 heteroatoms. The second kappa shape index (κ2) is 15.7. The van der Waals surface area contributed by atoms with Gasteiger partial charge in [0.1, 0.15) is 0 Å². The van der Waals surface area contributed by atoms with E-state index in [1.54, 1.807) is 27.7 Å². The third-order valence-electron chi connectivity index (χ3n) is 3.60. The van der Waals surface area contributed by atoms with Gasteiger partial charge < -0.3 is 15.2 Å². The molecule has 0 heterocycles. The van der Waals surface area contributed by atoms with Gasteiger partial charge in [-0.3, -0.25) is 14.1 Å². The molecule has 0 fully saturated rings. The molecule has 0 aliphatic carbocycles. The van der Waals surface area contributed by atoms with Crippen molar-refractivity contribution in [3.63, 3.8) is 0 Å². The van der Waals surface area contributed by atoms with E-state index in [-0.39, 0.29) is 30.0 Å². The Morgan fingerprint density at radius 1 is 1.04 bits per heavy atom. The van der Waals surface area contributed by atoms with Gasteiger partial charge in [0.05, 0.1) is 23.5 Å². The molecule has 170 valence electrons. The van der Waals surface area contributed by atoms with Crippen molar-refractivity contribution in [3.05, 3.63) is 0 Å². The fourth-order valence-electron chi connectivity index (χ4n) is 1.50. The Balaban J connectivity index is -0.000000400. The quantitative estimate of drug-likeness (QED) is 0.401. The third kappa shape index (κ3) is 24.8. The van der Waals surface area contributed by atoms with E-state index in [1.165, 1.54) is 6.92 Å². The molecule has 1 amide bonds. The normalized spacial score (nSPS) is 14.2. The molecule has 0 aliphatic rings. The van der Waals surface area contributed by atoms with E-state index in [0.717, 1.165) is 12.8 Å². The summed E-state index contributed by atoms with van der Waals surface area (Å²) in [6, 6.07) is 0. The fourth-order valence-corrected chi connectivity index (χ4v) is 2.49. The highest BCUT2D eigenvalue weighted by Gasteiger charge is 2.27. The highest BCUT2D eigenvalue weighted by atomic mass is 32.2. The maximum atomic E-state index is 11.5. The molecule has 3 N–H and O–H groups in total. The van der Waals surface area contributed by atoms with Crippen molar-refractivity contribution in [2.75, 3.05) is 5.75 Å². The van der Waals surface area contributed by atoms with Gasteiger partial charge in [0, 0.05) is 12.8 Å². The van der Waals surface area contributed by atoms with Gasteiger partial charge in [-0.25, -0.2) is 0 Å². The first-order valence-electron chi connectivity index (χ1n) is 9.63. The van der Waals surface area contributed by atoms with Gasteiger partial charge in [0.15, 0.2) is 0 Å². The Bertz CT molecular complexity index is 530. The van der Waals surface area contributed by atoms with Crippen molar-refractivity contribution >= 4 is 22.0 Å². The van der Waals surface area contributed by atoms with Crippen LogP contribution in [0, 0.1) is 5.92 Å². The number of esters is 1. The van der Waals surface area contributed by atoms with E-state index < -0.39 is 21.4 Å². The number of ether oxygens (including phenoxy) is 1. The van der Waals surface area contributed by atoms with Gasteiger partial charge in [-0.05, 0) is 47.0 Å². The van der Waals surface area contributed by atoms with Crippen LogP contribution < -0.4 is 5.32 Å². The number of nitrogens with one attached hydrogen (secondary N) is 1. The summed E-state index contributed by atoms with van der Waals surface area (Å²) in [4.78, 5) is 21.7. The summed E-state index contributed by atoms with van der Waals surface area (Å²) in [5.74, 6) is -1.04. The Hall–Kier alpha value is -1.19. The van der Waals surface area contributed by atoms with E-state index in [1.807, 2.05) is 27.7 Å². The lowest BCUT2D eigenvalue weighted by Crippen LogP contribution is -2.49. The summed E-state index contributed by atoms with van der Waals surface area (Å²) >= 11 is 0. The molecule has 0 aliphatic heterocycles. The zero-order chi connectivity index (χ0) is 23.1. The number of rotatable bonds is 8. The number of aliphatic hydroxyl groups is 1. The van der Waals surface area contributed by atoms with Gasteiger partial charge in [0.25, 0.3) is 10.1 Å². The maximum absolute atomic E-state index is 11.5. The molecule has 0 aromatic carbocycles. The average molecular weight is 428 g/mol. The summed E-state index contributed by atoms with van der Waals surface area (Å²) in [7, 11) is -4.07. The molecule has 0 aromatic rings. The van der Waals surface area contributed by atoms with E-state index in [2.05, 4.69) is 5.32 Å². The number of amides is 1. The van der Waals surface area contributed by atoms with E-state index in [0.29, 0.717) is 6.42 Å². The molecule has 0 bridgehead atoms. The second-order valence-corrected chi connectivity index (χ2v) is 8.95. The first kappa shape index (κ1) is 31.5. The summed E-state index contributed by atoms with van der Waals surface area (Å²) in [5, 5.41) is 10.9. The van der Waals surface area contributed by atoms with E-state index in [4.69, 9.17) is 14.4 Å². The number of hydrogen-bond acceptors (Lipinski definition) is 6. The van der Waals surface area contributed by atoms with Crippen molar-refractivity contribution in [2.24, 2.45) is 5.92 Å². The number of aliphatic hydroxyl groups excluding tert-OH is 1. The standard InChI is InChI=1S/C9H19NO4S.C6H12O2.C4H10O/c1-5-7(2)8(11)10-9(3,4)6-15(12,13)14;1-4-5(2)8-6(3)7;1-3-4(2)5/h7H,5-6H2,1-4H3,(H,10,11)(H,12,13,14);5H,4H2,1-3H3;4-5H,3H2,1-2H3. The zero-order valence-corrected chi connectivity index (χ0v) is 19.7. The van der Waals surface area contributed by atoms with E-state index >= 15 is 0 Å². The smallest absolute Gasteiger partial charge is 0.302 e. The Kier molecular flexibility index (Phi) is 17.7. The van der Waals surface area contributed by atoms with Crippen LogP contribution >= 0.6 is 0 Å². The van der Waals surface area contributed by atoms with Crippen LogP contribution in [-0.4, -0.2) is 53.5 Å². The number of carbonyl (C=O) groups is 2. The Morgan fingerprint density at radius 2 is 1.46 bits per heavy atom. The molecule has 0 saturated carbocycles. The van der Waals surface area contributed by atoms with Crippen LogP contribution in [0.25, 0.3) is 0 Å². The molecule has 0 saturated heterocycles. The SMILES string of the molecule is CCC(C)C(=O)NC(C)(C)CS(=O)(=O)O.CCC(C)O.CCC(C)OC(C)=O. The minimum absolute atomic E-state index is 0.0764.